The number of hydrogen-bond acceptors (Lipinski definition) is 6. The number of carbonyl (C=O) groups is 1. The average Bonchev–Trinajstić information content (AvgIpc) is 3.06. The van der Waals surface area contributed by atoms with Crippen molar-refractivity contribution in [1.29, 1.82) is 0 Å². The Morgan fingerprint density at radius 2 is 2.03 bits per heavy atom. The van der Waals surface area contributed by atoms with Crippen LogP contribution in [0.15, 0.2) is 35.4 Å². The van der Waals surface area contributed by atoms with Gasteiger partial charge in [-0.1, -0.05) is 6.42 Å². The van der Waals surface area contributed by atoms with Crippen molar-refractivity contribution in [2.75, 3.05) is 19.0 Å². The van der Waals surface area contributed by atoms with Gasteiger partial charge in [0.25, 0.3) is 5.91 Å². The first-order chi connectivity index (χ1) is 15.2. The summed E-state index contributed by atoms with van der Waals surface area (Å²) >= 11 is 0. The molecule has 0 aliphatic carbocycles. The summed E-state index contributed by atoms with van der Waals surface area (Å²) < 4.78 is 35.3. The van der Waals surface area contributed by atoms with Crippen LogP contribution in [0.1, 0.15) is 42.2 Å². The third-order valence-electron chi connectivity index (χ3n) is 5.88. The molecule has 170 valence electrons. The van der Waals surface area contributed by atoms with Gasteiger partial charge in [-0.05, 0) is 51.0 Å². The summed E-state index contributed by atoms with van der Waals surface area (Å²) in [6.07, 6.45) is 4.18. The zero-order valence-electron chi connectivity index (χ0n) is 18.6. The van der Waals surface area contributed by atoms with Gasteiger partial charge in [-0.3, -0.25) is 9.48 Å². The fraction of sp³-hybridized carbons (Fsp3) is 0.409. The van der Waals surface area contributed by atoms with E-state index in [2.05, 4.69) is 15.4 Å². The van der Waals surface area contributed by atoms with Gasteiger partial charge in [0, 0.05) is 30.6 Å². The van der Waals surface area contributed by atoms with Crippen LogP contribution < -0.4 is 10.1 Å². The van der Waals surface area contributed by atoms with Crippen molar-refractivity contribution >= 4 is 32.7 Å². The molecule has 3 aromatic rings. The Bertz CT molecular complexity index is 1280. The predicted molar refractivity (Wildman–Crippen MR) is 121 cm³/mol. The summed E-state index contributed by atoms with van der Waals surface area (Å²) in [5.74, 6) is -0.216. The number of hydrogen-bond donors (Lipinski definition) is 1. The number of nitrogens with zero attached hydrogens (tertiary/aromatic N) is 4. The molecule has 1 amide bonds. The van der Waals surface area contributed by atoms with Crippen LogP contribution in [0.5, 0.6) is 5.75 Å². The van der Waals surface area contributed by atoms with Gasteiger partial charge < -0.3 is 10.1 Å². The van der Waals surface area contributed by atoms with Gasteiger partial charge in [-0.25, -0.2) is 13.4 Å². The molecule has 1 aliphatic heterocycles. The summed E-state index contributed by atoms with van der Waals surface area (Å²) in [6.45, 7) is 4.24. The highest BCUT2D eigenvalue weighted by molar-refractivity contribution is 7.89. The number of carbonyl (C=O) groups excluding carboxylic acids is 1. The predicted octanol–water partition coefficient (Wildman–Crippen LogP) is 3.10. The minimum Gasteiger partial charge on any atom is -0.495 e. The standard InChI is InChI=1S/C22H27N5O4S/c1-14-7-5-6-10-27(14)32(29,30)20-11-16(8-9-19(20)31-4)22(28)24-17-12-18-15(2)25-26(3)21(18)23-13-17/h8-9,11-14H,5-7,10H2,1-4H3,(H,24,28). The second-order valence-corrected chi connectivity index (χ2v) is 9.94. The molecule has 2 aromatic heterocycles. The fourth-order valence-corrected chi connectivity index (χ4v) is 6.04. The number of aryl methyl sites for hydroxylation is 2. The molecule has 10 heteroatoms. The van der Waals surface area contributed by atoms with Gasteiger partial charge in [0.05, 0.1) is 24.7 Å². The number of anilines is 1. The van der Waals surface area contributed by atoms with Gasteiger partial charge in [0.15, 0.2) is 5.65 Å². The lowest BCUT2D eigenvalue weighted by molar-refractivity contribution is 0.102. The Morgan fingerprint density at radius 1 is 1.25 bits per heavy atom. The Labute approximate surface area is 187 Å². The lowest BCUT2D eigenvalue weighted by Crippen LogP contribution is -2.42. The lowest BCUT2D eigenvalue weighted by Gasteiger charge is -2.32. The van der Waals surface area contributed by atoms with E-state index in [4.69, 9.17) is 4.74 Å². The van der Waals surface area contributed by atoms with Gasteiger partial charge in [0.2, 0.25) is 10.0 Å². The molecule has 1 unspecified atom stereocenters. The van der Waals surface area contributed by atoms with Gasteiger partial charge in [0.1, 0.15) is 10.6 Å². The minimum atomic E-state index is -3.81. The molecule has 1 N–H and O–H groups in total. The molecule has 0 spiro atoms. The smallest absolute Gasteiger partial charge is 0.255 e. The first kappa shape index (κ1) is 22.2. The Kier molecular flexibility index (Phi) is 5.91. The quantitative estimate of drug-likeness (QED) is 0.631. The molecule has 0 radical (unpaired) electrons. The number of nitrogens with one attached hydrogen (secondary N) is 1. The number of pyridine rings is 1. The number of ether oxygens (including phenoxy) is 1. The average molecular weight is 458 g/mol. The Balaban J connectivity index is 1.66. The van der Waals surface area contributed by atoms with E-state index in [1.54, 1.807) is 23.0 Å². The monoisotopic (exact) mass is 457 g/mol. The Hall–Kier alpha value is -2.98. The van der Waals surface area contributed by atoms with Crippen molar-refractivity contribution in [3.05, 3.63) is 41.7 Å². The first-order valence-electron chi connectivity index (χ1n) is 10.5. The highest BCUT2D eigenvalue weighted by Crippen LogP contribution is 2.32. The van der Waals surface area contributed by atoms with Crippen LogP contribution >= 0.6 is 0 Å². The molecule has 1 aliphatic rings. The number of amides is 1. The van der Waals surface area contributed by atoms with Crippen LogP contribution in [0, 0.1) is 6.92 Å². The van der Waals surface area contributed by atoms with Crippen molar-refractivity contribution in [3.63, 3.8) is 0 Å². The molecule has 1 aromatic carbocycles. The first-order valence-corrected chi connectivity index (χ1v) is 12.0. The van der Waals surface area contributed by atoms with E-state index in [-0.39, 0.29) is 22.3 Å². The van der Waals surface area contributed by atoms with Gasteiger partial charge in [-0.2, -0.15) is 9.40 Å². The maximum atomic E-state index is 13.4. The normalized spacial score (nSPS) is 17.4. The third kappa shape index (κ3) is 3.95. The molecule has 9 nitrogen and oxygen atoms in total. The molecule has 3 heterocycles. The number of methoxy groups -OCH3 is 1. The highest BCUT2D eigenvalue weighted by atomic mass is 32.2. The van der Waals surface area contributed by atoms with E-state index in [0.29, 0.717) is 17.9 Å². The van der Waals surface area contributed by atoms with Crippen LogP contribution in [0.4, 0.5) is 5.69 Å². The van der Waals surface area contributed by atoms with Crippen LogP contribution in [0.2, 0.25) is 0 Å². The summed E-state index contributed by atoms with van der Waals surface area (Å²) in [6, 6.07) is 6.15. The topological polar surface area (TPSA) is 106 Å². The van der Waals surface area contributed by atoms with Crippen LogP contribution in [-0.4, -0.2) is 53.1 Å². The zero-order valence-corrected chi connectivity index (χ0v) is 19.4. The SMILES string of the molecule is COc1ccc(C(=O)Nc2cnc3c(c2)c(C)nn3C)cc1S(=O)(=O)N1CCCCC1C. The fourth-order valence-electron chi connectivity index (χ4n) is 4.15. The Morgan fingerprint density at radius 3 is 2.75 bits per heavy atom. The van der Waals surface area contributed by atoms with Crippen molar-refractivity contribution in [2.24, 2.45) is 7.05 Å². The number of sulfonamides is 1. The molecular weight excluding hydrogens is 430 g/mol. The molecule has 4 rings (SSSR count). The maximum absolute atomic E-state index is 13.4. The van der Waals surface area contributed by atoms with Gasteiger partial charge in [-0.15, -0.1) is 0 Å². The van der Waals surface area contributed by atoms with E-state index in [0.717, 1.165) is 30.3 Å². The largest absolute Gasteiger partial charge is 0.495 e. The van der Waals surface area contributed by atoms with E-state index in [1.807, 2.05) is 20.9 Å². The molecule has 0 saturated carbocycles. The van der Waals surface area contributed by atoms with E-state index < -0.39 is 15.9 Å². The van der Waals surface area contributed by atoms with Crippen molar-refractivity contribution in [2.45, 2.75) is 44.0 Å². The number of piperidine rings is 1. The molecule has 32 heavy (non-hydrogen) atoms. The van der Waals surface area contributed by atoms with Crippen molar-refractivity contribution in [1.82, 2.24) is 19.1 Å². The van der Waals surface area contributed by atoms with Crippen LogP contribution in [0.3, 0.4) is 0 Å². The summed E-state index contributed by atoms with van der Waals surface area (Å²) in [7, 11) is -0.579. The minimum absolute atomic E-state index is 0.00178. The van der Waals surface area contributed by atoms with Crippen LogP contribution in [-0.2, 0) is 17.1 Å². The number of benzene rings is 1. The number of rotatable bonds is 5. The summed E-state index contributed by atoms with van der Waals surface area (Å²) in [5.41, 5.74) is 2.24. The second kappa shape index (κ2) is 8.51. The van der Waals surface area contributed by atoms with E-state index in [1.165, 1.54) is 23.5 Å². The third-order valence-corrected chi connectivity index (χ3v) is 7.91. The molecule has 1 atom stereocenters. The molecule has 1 fully saturated rings. The lowest BCUT2D eigenvalue weighted by atomic mass is 10.1. The van der Waals surface area contributed by atoms with Gasteiger partial charge >= 0.3 is 0 Å². The zero-order chi connectivity index (χ0) is 23.0. The molecular formula is C22H27N5O4S. The number of aromatic nitrogens is 3. The maximum Gasteiger partial charge on any atom is 0.255 e. The summed E-state index contributed by atoms with van der Waals surface area (Å²) in [5, 5.41) is 7.97. The highest BCUT2D eigenvalue weighted by Gasteiger charge is 2.33. The summed E-state index contributed by atoms with van der Waals surface area (Å²) in [4.78, 5) is 17.3. The van der Waals surface area contributed by atoms with E-state index >= 15 is 0 Å². The molecule has 1 saturated heterocycles. The van der Waals surface area contributed by atoms with Crippen molar-refractivity contribution in [3.8, 4) is 5.75 Å². The van der Waals surface area contributed by atoms with Crippen LogP contribution in [0.25, 0.3) is 11.0 Å². The van der Waals surface area contributed by atoms with E-state index in [9.17, 15) is 13.2 Å². The van der Waals surface area contributed by atoms with Crippen molar-refractivity contribution < 1.29 is 17.9 Å². The number of fused-ring (bicyclic) bond motifs is 1. The molecule has 0 bridgehead atoms. The second-order valence-electron chi connectivity index (χ2n) is 8.08.